The van der Waals surface area contributed by atoms with E-state index in [1.165, 1.54) is 28.2 Å². The molecule has 154 valence electrons. The first kappa shape index (κ1) is 18.3. The molecular weight excluding hydrogens is 382 g/mol. The van der Waals surface area contributed by atoms with E-state index in [1.807, 2.05) is 0 Å². The average molecular weight is 409 g/mol. The Kier molecular flexibility index (Phi) is 4.14. The van der Waals surface area contributed by atoms with Crippen molar-refractivity contribution >= 4 is 28.2 Å². The van der Waals surface area contributed by atoms with Gasteiger partial charge in [0.15, 0.2) is 0 Å². The zero-order chi connectivity index (χ0) is 20.9. The van der Waals surface area contributed by atoms with Crippen molar-refractivity contribution < 1.29 is 4.40 Å². The van der Waals surface area contributed by atoms with Crippen molar-refractivity contribution in [3.63, 3.8) is 0 Å². The van der Waals surface area contributed by atoms with Crippen LogP contribution in [0.1, 0.15) is 28.7 Å². The normalized spacial score (nSPS) is 16.1. The number of hydrogen-bond donors (Lipinski definition) is 1. The first-order valence-electron chi connectivity index (χ1n) is 11.2. The smallest absolute Gasteiger partial charge is 0.250 e. The number of anilines is 2. The summed E-state index contributed by atoms with van der Waals surface area (Å²) in [6.45, 7) is 6.10. The minimum atomic E-state index is 0.825. The molecule has 1 aliphatic heterocycles. The second-order valence-corrected chi connectivity index (χ2v) is 8.76. The topological polar surface area (TPSA) is 50.2 Å². The number of aromatic nitrogens is 2. The van der Waals surface area contributed by atoms with Crippen molar-refractivity contribution in [1.29, 1.82) is 5.26 Å². The van der Waals surface area contributed by atoms with E-state index in [0.29, 0.717) is 0 Å². The third-order valence-corrected chi connectivity index (χ3v) is 6.95. The Morgan fingerprint density at radius 1 is 0.903 bits per heavy atom. The number of piperazine rings is 1. The van der Waals surface area contributed by atoms with Gasteiger partial charge in [0.2, 0.25) is 11.5 Å². The fourth-order valence-electron chi connectivity index (χ4n) is 5.40. The van der Waals surface area contributed by atoms with Crippen LogP contribution in [0.15, 0.2) is 48.5 Å². The molecule has 1 fully saturated rings. The Bertz CT molecular complexity index is 1330. The van der Waals surface area contributed by atoms with Crippen molar-refractivity contribution in [1.82, 2.24) is 4.98 Å². The van der Waals surface area contributed by atoms with Crippen LogP contribution in [0.25, 0.3) is 16.7 Å². The number of aryl methyl sites for hydroxylation is 1. The summed E-state index contributed by atoms with van der Waals surface area (Å²) in [7, 11) is 0. The summed E-state index contributed by atoms with van der Waals surface area (Å²) >= 11 is 0. The van der Waals surface area contributed by atoms with E-state index in [4.69, 9.17) is 0 Å². The highest BCUT2D eigenvalue weighted by molar-refractivity contribution is 5.78. The molecule has 4 aromatic rings. The van der Waals surface area contributed by atoms with Gasteiger partial charge in [-0.2, -0.15) is 9.66 Å². The lowest BCUT2D eigenvalue weighted by molar-refractivity contribution is -0.468. The second kappa shape index (κ2) is 7.02. The standard InChI is InChI=1S/C26H25N5/c1-18-9-11-19(12-10-18)29-13-15-30(16-14-29)26-21-6-4-5-20(21)22(17-27)25-28-23-7-2-3-8-24(23)31(25)26/h2-3,7-12H,4-6,13-16H2,1H3/p+1. The van der Waals surface area contributed by atoms with Gasteiger partial charge < -0.3 is 4.90 Å². The molecule has 2 aromatic carbocycles. The summed E-state index contributed by atoms with van der Waals surface area (Å²) in [5.74, 6) is 1.29. The Labute approximate surface area is 182 Å². The van der Waals surface area contributed by atoms with Gasteiger partial charge in [-0.25, -0.2) is 0 Å². The number of rotatable bonds is 2. The predicted octanol–water partition coefficient (Wildman–Crippen LogP) is 3.90. The van der Waals surface area contributed by atoms with E-state index in [-0.39, 0.29) is 0 Å². The van der Waals surface area contributed by atoms with Crippen LogP contribution < -0.4 is 14.2 Å². The maximum absolute atomic E-state index is 10.0. The lowest BCUT2D eigenvalue weighted by Crippen LogP contribution is -2.50. The molecule has 1 N–H and O–H groups in total. The number of H-pyrrole nitrogens is 1. The lowest BCUT2D eigenvalue weighted by atomic mass is 10.0. The van der Waals surface area contributed by atoms with Crippen LogP contribution in [0.5, 0.6) is 0 Å². The maximum atomic E-state index is 10.0. The van der Waals surface area contributed by atoms with Crippen LogP contribution in [0.2, 0.25) is 0 Å². The second-order valence-electron chi connectivity index (χ2n) is 8.76. The fourth-order valence-corrected chi connectivity index (χ4v) is 5.40. The molecule has 0 spiro atoms. The lowest BCUT2D eigenvalue weighted by Gasteiger charge is -2.35. The van der Waals surface area contributed by atoms with E-state index >= 15 is 0 Å². The number of pyridine rings is 1. The van der Waals surface area contributed by atoms with Gasteiger partial charge in [-0.3, -0.25) is 9.88 Å². The number of para-hydroxylation sites is 2. The largest absolute Gasteiger partial charge is 0.365 e. The van der Waals surface area contributed by atoms with Gasteiger partial charge in [0.25, 0.3) is 0 Å². The molecule has 0 unspecified atom stereocenters. The molecule has 2 aliphatic rings. The minimum Gasteiger partial charge on any atom is -0.365 e. The summed E-state index contributed by atoms with van der Waals surface area (Å²) in [5.41, 5.74) is 9.24. The zero-order valence-electron chi connectivity index (χ0n) is 17.9. The van der Waals surface area contributed by atoms with Gasteiger partial charge >= 0.3 is 0 Å². The van der Waals surface area contributed by atoms with E-state index in [2.05, 4.69) is 80.7 Å². The molecular formula is C26H26N5+. The van der Waals surface area contributed by atoms with E-state index in [1.54, 1.807) is 0 Å². The Morgan fingerprint density at radius 3 is 2.39 bits per heavy atom. The van der Waals surface area contributed by atoms with Gasteiger partial charge in [0.1, 0.15) is 22.7 Å². The number of nitriles is 1. The Morgan fingerprint density at radius 2 is 1.61 bits per heavy atom. The number of benzene rings is 2. The van der Waals surface area contributed by atoms with Crippen LogP contribution >= 0.6 is 0 Å². The molecule has 0 atom stereocenters. The molecule has 0 radical (unpaired) electrons. The quantitative estimate of drug-likeness (QED) is 0.512. The molecule has 2 aromatic heterocycles. The zero-order valence-corrected chi connectivity index (χ0v) is 17.9. The van der Waals surface area contributed by atoms with Crippen LogP contribution in [0.3, 0.4) is 0 Å². The molecule has 0 amide bonds. The summed E-state index contributed by atoms with van der Waals surface area (Å²) in [6, 6.07) is 19.8. The number of nitrogens with zero attached hydrogens (tertiary/aromatic N) is 4. The van der Waals surface area contributed by atoms with Crippen molar-refractivity contribution in [3.8, 4) is 6.07 Å². The monoisotopic (exact) mass is 408 g/mol. The maximum Gasteiger partial charge on any atom is 0.250 e. The van der Waals surface area contributed by atoms with E-state index < -0.39 is 0 Å². The summed E-state index contributed by atoms with van der Waals surface area (Å²) in [6.07, 6.45) is 3.19. The number of fused-ring (bicyclic) bond motifs is 4. The van der Waals surface area contributed by atoms with Gasteiger partial charge in [-0.1, -0.05) is 29.8 Å². The Balaban J connectivity index is 1.46. The van der Waals surface area contributed by atoms with Crippen LogP contribution in [0, 0.1) is 18.3 Å². The number of nitrogens with one attached hydrogen (secondary N) is 1. The summed E-state index contributed by atoms with van der Waals surface area (Å²) < 4.78 is 2.32. The summed E-state index contributed by atoms with van der Waals surface area (Å²) in [5, 5.41) is 10.0. The SMILES string of the molecule is Cc1ccc(N2CCN(c3c4c(c(C#N)c5[nH]c6ccccc6[n+]35)CCC4)CC2)cc1. The van der Waals surface area contributed by atoms with Crippen LogP contribution in [-0.2, 0) is 12.8 Å². The van der Waals surface area contributed by atoms with Crippen molar-refractivity contribution in [2.24, 2.45) is 0 Å². The summed E-state index contributed by atoms with van der Waals surface area (Å²) in [4.78, 5) is 8.58. The van der Waals surface area contributed by atoms with Gasteiger partial charge in [0.05, 0.1) is 13.1 Å². The molecule has 31 heavy (non-hydrogen) atoms. The van der Waals surface area contributed by atoms with Crippen molar-refractivity contribution in [2.75, 3.05) is 36.0 Å². The van der Waals surface area contributed by atoms with Gasteiger partial charge in [0, 0.05) is 24.3 Å². The highest BCUT2D eigenvalue weighted by atomic mass is 15.3. The molecule has 0 bridgehead atoms. The third-order valence-electron chi connectivity index (χ3n) is 6.95. The van der Waals surface area contributed by atoms with Crippen molar-refractivity contribution in [3.05, 3.63) is 70.8 Å². The molecule has 6 rings (SSSR count). The fraction of sp³-hybridized carbons (Fsp3) is 0.308. The first-order valence-corrected chi connectivity index (χ1v) is 11.2. The molecule has 3 heterocycles. The highest BCUT2D eigenvalue weighted by Crippen LogP contribution is 2.34. The molecule has 5 nitrogen and oxygen atoms in total. The highest BCUT2D eigenvalue weighted by Gasteiger charge is 2.34. The van der Waals surface area contributed by atoms with Gasteiger partial charge in [-0.05, 0) is 56.0 Å². The number of hydrogen-bond acceptors (Lipinski definition) is 3. The Hall–Kier alpha value is -3.52. The number of aromatic amines is 1. The first-order chi connectivity index (χ1) is 15.2. The van der Waals surface area contributed by atoms with Crippen LogP contribution in [-0.4, -0.2) is 31.2 Å². The van der Waals surface area contributed by atoms with E-state index in [0.717, 1.165) is 67.7 Å². The third kappa shape index (κ3) is 2.79. The number of imidazole rings is 1. The molecule has 1 aliphatic carbocycles. The average Bonchev–Trinajstić information content (AvgIpc) is 3.43. The van der Waals surface area contributed by atoms with Gasteiger partial charge in [-0.15, -0.1) is 0 Å². The molecule has 1 saturated heterocycles. The molecule has 0 saturated carbocycles. The predicted molar refractivity (Wildman–Crippen MR) is 124 cm³/mol. The van der Waals surface area contributed by atoms with Crippen molar-refractivity contribution in [2.45, 2.75) is 26.2 Å². The molecule has 5 heteroatoms. The van der Waals surface area contributed by atoms with E-state index in [9.17, 15) is 5.26 Å². The van der Waals surface area contributed by atoms with Crippen LogP contribution in [0.4, 0.5) is 11.5 Å². The minimum absolute atomic E-state index is 0.825.